The Labute approximate surface area is 179 Å². The van der Waals surface area contributed by atoms with E-state index >= 15 is 0 Å². The number of hydrogen-bond donors (Lipinski definition) is 2. The highest BCUT2D eigenvalue weighted by Gasteiger charge is 2.07. The molecule has 0 heterocycles. The van der Waals surface area contributed by atoms with Gasteiger partial charge in [-0.3, -0.25) is 17.9 Å². The lowest BCUT2D eigenvalue weighted by molar-refractivity contribution is -0.104. The van der Waals surface area contributed by atoms with E-state index in [1.807, 2.05) is 0 Å². The first-order chi connectivity index (χ1) is 13.7. The van der Waals surface area contributed by atoms with Crippen LogP contribution in [0.25, 0.3) is 0 Å². The zero-order chi connectivity index (χ0) is 20.5. The standard InChI is InChI=1S/C19H27IN2O6/c20-22-8-2-10-27-12-14-28-13-11-26-9-1-7-21-19(25)17-5-3-16(4-6-17)18(24)15-23/h3-6,15,22H,1-2,7-14H2,(H,21,25). The Bertz CT molecular complexity index is 582. The van der Waals surface area contributed by atoms with Crippen molar-refractivity contribution in [2.24, 2.45) is 0 Å². The van der Waals surface area contributed by atoms with Crippen molar-refractivity contribution in [3.05, 3.63) is 35.4 Å². The summed E-state index contributed by atoms with van der Waals surface area (Å²) in [6.07, 6.45) is 1.91. The Hall–Kier alpha value is -1.40. The van der Waals surface area contributed by atoms with E-state index in [2.05, 4.69) is 31.7 Å². The molecule has 0 bridgehead atoms. The van der Waals surface area contributed by atoms with Crippen LogP contribution in [0, 0.1) is 0 Å². The largest absolute Gasteiger partial charge is 0.379 e. The molecular weight excluding hydrogens is 479 g/mol. The van der Waals surface area contributed by atoms with Gasteiger partial charge in [-0.25, -0.2) is 0 Å². The van der Waals surface area contributed by atoms with Crippen LogP contribution in [0.15, 0.2) is 24.3 Å². The first kappa shape index (κ1) is 24.6. The normalized spacial score (nSPS) is 10.6. The molecule has 0 saturated heterocycles. The molecular formula is C19H27IN2O6. The van der Waals surface area contributed by atoms with Gasteiger partial charge < -0.3 is 19.5 Å². The summed E-state index contributed by atoms with van der Waals surface area (Å²) in [6, 6.07) is 5.96. The summed E-state index contributed by atoms with van der Waals surface area (Å²) in [5.41, 5.74) is 0.701. The summed E-state index contributed by atoms with van der Waals surface area (Å²) >= 11 is 2.11. The predicted molar refractivity (Wildman–Crippen MR) is 113 cm³/mol. The summed E-state index contributed by atoms with van der Waals surface area (Å²) < 4.78 is 19.3. The minimum Gasteiger partial charge on any atom is -0.379 e. The van der Waals surface area contributed by atoms with Crippen molar-refractivity contribution in [1.29, 1.82) is 0 Å². The van der Waals surface area contributed by atoms with Crippen LogP contribution in [0.5, 0.6) is 0 Å². The van der Waals surface area contributed by atoms with E-state index in [4.69, 9.17) is 14.2 Å². The molecule has 28 heavy (non-hydrogen) atoms. The zero-order valence-corrected chi connectivity index (χ0v) is 17.9. The molecule has 8 nitrogen and oxygen atoms in total. The number of ketones is 1. The number of benzene rings is 1. The monoisotopic (exact) mass is 506 g/mol. The van der Waals surface area contributed by atoms with Crippen LogP contribution in [0.2, 0.25) is 0 Å². The lowest BCUT2D eigenvalue weighted by atomic mass is 10.1. The molecule has 0 aliphatic heterocycles. The number of carbonyl (C=O) groups is 3. The molecule has 0 saturated carbocycles. The highest BCUT2D eigenvalue weighted by molar-refractivity contribution is 14.1. The number of Topliss-reactive ketones (excluding diaryl/α,β-unsaturated/α-hetero) is 1. The SMILES string of the molecule is O=CC(=O)c1ccc(C(=O)NCCCOCCOCCOCCCNI)cc1. The van der Waals surface area contributed by atoms with Crippen molar-refractivity contribution in [3.63, 3.8) is 0 Å². The van der Waals surface area contributed by atoms with Gasteiger partial charge in [-0.2, -0.15) is 0 Å². The molecule has 0 fully saturated rings. The summed E-state index contributed by atoms with van der Waals surface area (Å²) in [5.74, 6) is -0.840. The van der Waals surface area contributed by atoms with Crippen molar-refractivity contribution in [2.75, 3.05) is 52.7 Å². The molecule has 156 valence electrons. The van der Waals surface area contributed by atoms with Gasteiger partial charge in [-0.15, -0.1) is 0 Å². The van der Waals surface area contributed by atoms with Crippen LogP contribution >= 0.6 is 22.9 Å². The maximum absolute atomic E-state index is 12.0. The van der Waals surface area contributed by atoms with Gasteiger partial charge in [0.1, 0.15) is 0 Å². The first-order valence-electron chi connectivity index (χ1n) is 9.13. The second-order valence-electron chi connectivity index (χ2n) is 5.74. The van der Waals surface area contributed by atoms with E-state index < -0.39 is 5.78 Å². The van der Waals surface area contributed by atoms with E-state index in [1.54, 1.807) is 0 Å². The van der Waals surface area contributed by atoms with Crippen LogP contribution in [-0.2, 0) is 19.0 Å². The van der Waals surface area contributed by atoms with Gasteiger partial charge >= 0.3 is 0 Å². The molecule has 1 aromatic carbocycles. The van der Waals surface area contributed by atoms with Crippen LogP contribution in [0.4, 0.5) is 0 Å². The fourth-order valence-corrected chi connectivity index (χ4v) is 2.50. The van der Waals surface area contributed by atoms with E-state index in [-0.39, 0.29) is 17.8 Å². The summed E-state index contributed by atoms with van der Waals surface area (Å²) in [5, 5.41) is 2.78. The molecule has 0 spiro atoms. The van der Waals surface area contributed by atoms with Crippen LogP contribution in [0.3, 0.4) is 0 Å². The second-order valence-corrected chi connectivity index (χ2v) is 6.51. The highest BCUT2D eigenvalue weighted by atomic mass is 127. The Kier molecular flexibility index (Phi) is 14.6. The summed E-state index contributed by atoms with van der Waals surface area (Å²) in [7, 11) is 0. The molecule has 0 atom stereocenters. The first-order valence-corrected chi connectivity index (χ1v) is 10.2. The van der Waals surface area contributed by atoms with Crippen molar-refractivity contribution in [2.45, 2.75) is 12.8 Å². The minimum absolute atomic E-state index is 0.234. The maximum atomic E-state index is 12.0. The Balaban J connectivity index is 1.96. The van der Waals surface area contributed by atoms with Crippen LogP contribution < -0.4 is 8.85 Å². The average molecular weight is 506 g/mol. The number of ether oxygens (including phenoxy) is 3. The number of amides is 1. The van der Waals surface area contributed by atoms with Crippen molar-refractivity contribution in [1.82, 2.24) is 8.85 Å². The van der Waals surface area contributed by atoms with Crippen molar-refractivity contribution < 1.29 is 28.6 Å². The zero-order valence-electron chi connectivity index (χ0n) is 15.8. The molecule has 1 amide bonds. The van der Waals surface area contributed by atoms with E-state index in [1.165, 1.54) is 24.3 Å². The van der Waals surface area contributed by atoms with E-state index in [9.17, 15) is 14.4 Å². The number of nitrogens with one attached hydrogen (secondary N) is 2. The molecule has 0 aliphatic rings. The fourth-order valence-electron chi connectivity index (χ4n) is 2.12. The van der Waals surface area contributed by atoms with Gasteiger partial charge in [0.05, 0.1) is 26.4 Å². The third-order valence-electron chi connectivity index (χ3n) is 3.59. The molecule has 2 N–H and O–H groups in total. The van der Waals surface area contributed by atoms with Gasteiger partial charge in [0, 0.05) is 60.3 Å². The number of carbonyl (C=O) groups excluding carboxylic acids is 3. The van der Waals surface area contributed by atoms with Crippen molar-refractivity contribution in [3.8, 4) is 0 Å². The smallest absolute Gasteiger partial charge is 0.251 e. The van der Waals surface area contributed by atoms with Crippen LogP contribution in [-0.4, -0.2) is 70.7 Å². The van der Waals surface area contributed by atoms with E-state index in [0.29, 0.717) is 51.6 Å². The molecule has 0 aliphatic carbocycles. The lowest BCUT2D eigenvalue weighted by Crippen LogP contribution is -2.25. The molecule has 1 aromatic rings. The quantitative estimate of drug-likeness (QED) is 0.0826. The molecule has 1 rings (SSSR count). The third kappa shape index (κ3) is 11.4. The minimum atomic E-state index is -0.607. The number of aldehydes is 1. The fraction of sp³-hybridized carbons (Fsp3) is 0.526. The van der Waals surface area contributed by atoms with Gasteiger partial charge in [0.25, 0.3) is 5.91 Å². The Morgan fingerprint density at radius 2 is 1.32 bits per heavy atom. The highest BCUT2D eigenvalue weighted by Crippen LogP contribution is 2.04. The predicted octanol–water partition coefficient (Wildman–Crippen LogP) is 1.57. The molecule has 0 unspecified atom stereocenters. The molecule has 0 aromatic heterocycles. The molecule has 0 radical (unpaired) electrons. The van der Waals surface area contributed by atoms with Gasteiger partial charge in [-0.1, -0.05) is 12.1 Å². The maximum Gasteiger partial charge on any atom is 0.251 e. The Morgan fingerprint density at radius 1 is 0.821 bits per heavy atom. The number of hydrogen-bond acceptors (Lipinski definition) is 7. The third-order valence-corrected chi connectivity index (χ3v) is 4.13. The van der Waals surface area contributed by atoms with Gasteiger partial charge in [0.2, 0.25) is 5.78 Å². The summed E-state index contributed by atoms with van der Waals surface area (Å²) in [4.78, 5) is 33.6. The number of rotatable bonds is 17. The van der Waals surface area contributed by atoms with Crippen molar-refractivity contribution >= 4 is 40.8 Å². The number of halogens is 1. The van der Waals surface area contributed by atoms with Gasteiger partial charge in [0.15, 0.2) is 6.29 Å². The van der Waals surface area contributed by atoms with Crippen LogP contribution in [0.1, 0.15) is 33.6 Å². The lowest BCUT2D eigenvalue weighted by Gasteiger charge is -2.08. The molecule has 9 heteroatoms. The second kappa shape index (κ2) is 16.5. The topological polar surface area (TPSA) is 103 Å². The van der Waals surface area contributed by atoms with E-state index in [0.717, 1.165) is 19.6 Å². The van der Waals surface area contributed by atoms with Gasteiger partial charge in [-0.05, 0) is 25.0 Å². The average Bonchev–Trinajstić information content (AvgIpc) is 2.73. The Morgan fingerprint density at radius 3 is 1.86 bits per heavy atom. The summed E-state index contributed by atoms with van der Waals surface area (Å²) in [6.45, 7) is 4.81.